The second-order valence-corrected chi connectivity index (χ2v) is 10.5. The molecule has 2 fully saturated rings. The minimum absolute atomic E-state index is 0.134. The van der Waals surface area contributed by atoms with Gasteiger partial charge in [-0.2, -0.15) is 0 Å². The van der Waals surface area contributed by atoms with E-state index in [0.717, 1.165) is 30.6 Å². The van der Waals surface area contributed by atoms with E-state index in [1.54, 1.807) is 17.0 Å². The molecule has 5 rings (SSSR count). The molecule has 0 saturated heterocycles. The van der Waals surface area contributed by atoms with Crippen molar-refractivity contribution in [1.82, 2.24) is 5.32 Å². The molecule has 0 spiro atoms. The Kier molecular flexibility index (Phi) is 7.14. The zero-order chi connectivity index (χ0) is 23.3. The minimum Gasteiger partial charge on any atom is -0.459 e. The van der Waals surface area contributed by atoms with Crippen molar-refractivity contribution in [3.63, 3.8) is 0 Å². The van der Waals surface area contributed by atoms with Crippen LogP contribution in [0.25, 0.3) is 0 Å². The highest BCUT2D eigenvalue weighted by Crippen LogP contribution is 2.36. The van der Waals surface area contributed by atoms with Gasteiger partial charge in [-0.25, -0.2) is 0 Å². The number of nitrogens with zero attached hydrogens (tertiary/aromatic N) is 1. The van der Waals surface area contributed by atoms with Crippen LogP contribution in [0.5, 0.6) is 0 Å². The quantitative estimate of drug-likeness (QED) is 0.406. The molecule has 0 bridgehead atoms. The Balaban J connectivity index is 1.50. The molecule has 0 unspecified atom stereocenters. The maximum absolute atomic E-state index is 13.7. The number of carbonyl (C=O) groups excluding carboxylic acids is 2. The summed E-state index contributed by atoms with van der Waals surface area (Å²) < 4.78 is 5.48. The SMILES string of the molecule is O=C(NC1CCCC1)[C@@H](c1cccs1)N(C(=O)c1ccco1)c1ccc(C2CCCCC2)cc1. The van der Waals surface area contributed by atoms with Crippen molar-refractivity contribution in [2.24, 2.45) is 0 Å². The van der Waals surface area contributed by atoms with E-state index in [-0.39, 0.29) is 23.6 Å². The van der Waals surface area contributed by atoms with Gasteiger partial charge in [0.05, 0.1) is 6.26 Å². The topological polar surface area (TPSA) is 62.6 Å². The molecule has 178 valence electrons. The summed E-state index contributed by atoms with van der Waals surface area (Å²) in [6.45, 7) is 0. The van der Waals surface area contributed by atoms with Gasteiger partial charge in [-0.15, -0.1) is 11.3 Å². The molecule has 34 heavy (non-hydrogen) atoms. The standard InChI is InChI=1S/C28H32N2O3S/c31-27(29-22-10-4-5-11-22)26(25-13-7-19-34-25)30(28(32)24-12-6-18-33-24)23-16-14-21(15-17-23)20-8-2-1-3-9-20/h6-7,12-20,22,26H,1-5,8-11H2,(H,29,31)/t26-/m1/s1. The van der Waals surface area contributed by atoms with Crippen LogP contribution in [0.4, 0.5) is 5.69 Å². The van der Waals surface area contributed by atoms with Gasteiger partial charge < -0.3 is 9.73 Å². The van der Waals surface area contributed by atoms with Crippen molar-refractivity contribution in [1.29, 1.82) is 0 Å². The molecule has 2 heterocycles. The molecule has 2 aliphatic rings. The molecular weight excluding hydrogens is 444 g/mol. The first-order chi connectivity index (χ1) is 16.7. The van der Waals surface area contributed by atoms with E-state index in [4.69, 9.17) is 4.42 Å². The summed E-state index contributed by atoms with van der Waals surface area (Å²) in [5, 5.41) is 5.18. The van der Waals surface area contributed by atoms with Gasteiger partial charge in [0.25, 0.3) is 5.91 Å². The van der Waals surface area contributed by atoms with Gasteiger partial charge in [0, 0.05) is 16.6 Å². The van der Waals surface area contributed by atoms with Crippen LogP contribution >= 0.6 is 11.3 Å². The molecule has 0 radical (unpaired) electrons. The highest BCUT2D eigenvalue weighted by atomic mass is 32.1. The summed E-state index contributed by atoms with van der Waals surface area (Å²) in [6, 6.07) is 14.9. The largest absolute Gasteiger partial charge is 0.459 e. The van der Waals surface area contributed by atoms with Crippen LogP contribution < -0.4 is 10.2 Å². The lowest BCUT2D eigenvalue weighted by Gasteiger charge is -2.31. The number of carbonyl (C=O) groups is 2. The number of benzene rings is 1. The predicted octanol–water partition coefficient (Wildman–Crippen LogP) is 6.84. The maximum atomic E-state index is 13.7. The maximum Gasteiger partial charge on any atom is 0.295 e. The van der Waals surface area contributed by atoms with E-state index in [1.807, 2.05) is 29.6 Å². The minimum atomic E-state index is -0.751. The number of anilines is 1. The summed E-state index contributed by atoms with van der Waals surface area (Å²) in [5.74, 6) is 0.364. The fourth-order valence-corrected chi connectivity index (χ4v) is 6.23. The Hall–Kier alpha value is -2.86. The molecule has 2 aromatic heterocycles. The Bertz CT molecular complexity index is 1060. The van der Waals surface area contributed by atoms with Gasteiger partial charge in [0.15, 0.2) is 11.8 Å². The van der Waals surface area contributed by atoms with E-state index < -0.39 is 6.04 Å². The molecule has 1 N–H and O–H groups in total. The molecule has 6 heteroatoms. The first kappa shape index (κ1) is 22.9. The van der Waals surface area contributed by atoms with Crippen LogP contribution in [-0.2, 0) is 4.79 Å². The zero-order valence-electron chi connectivity index (χ0n) is 19.4. The zero-order valence-corrected chi connectivity index (χ0v) is 20.3. The number of amides is 2. The lowest BCUT2D eigenvalue weighted by molar-refractivity contribution is -0.123. The predicted molar refractivity (Wildman–Crippen MR) is 135 cm³/mol. The average Bonchev–Trinajstić information content (AvgIpc) is 3.67. The summed E-state index contributed by atoms with van der Waals surface area (Å²) in [5.41, 5.74) is 2.03. The van der Waals surface area contributed by atoms with Crippen LogP contribution in [0.3, 0.4) is 0 Å². The second kappa shape index (κ2) is 10.6. The lowest BCUT2D eigenvalue weighted by atomic mass is 9.84. The number of nitrogens with one attached hydrogen (secondary N) is 1. The van der Waals surface area contributed by atoms with Gasteiger partial charge in [-0.05, 0) is 72.9 Å². The summed E-state index contributed by atoms with van der Waals surface area (Å²) in [7, 11) is 0. The van der Waals surface area contributed by atoms with Gasteiger partial charge in [0.2, 0.25) is 5.91 Å². The van der Waals surface area contributed by atoms with Crippen molar-refractivity contribution < 1.29 is 14.0 Å². The van der Waals surface area contributed by atoms with Crippen LogP contribution in [0, 0.1) is 0 Å². The number of hydrogen-bond donors (Lipinski definition) is 1. The molecular formula is C28H32N2O3S. The highest BCUT2D eigenvalue weighted by Gasteiger charge is 2.36. The van der Waals surface area contributed by atoms with Gasteiger partial charge in [0.1, 0.15) is 0 Å². The smallest absolute Gasteiger partial charge is 0.295 e. The normalized spacial score (nSPS) is 18.0. The molecule has 1 aromatic carbocycles. The van der Waals surface area contributed by atoms with E-state index in [9.17, 15) is 9.59 Å². The number of furan rings is 1. The fraction of sp³-hybridized carbons (Fsp3) is 0.429. The third-order valence-electron chi connectivity index (χ3n) is 7.22. The molecule has 2 amide bonds. The molecule has 2 saturated carbocycles. The van der Waals surface area contributed by atoms with Gasteiger partial charge in [-0.3, -0.25) is 14.5 Å². The number of rotatable bonds is 7. The van der Waals surface area contributed by atoms with Crippen molar-refractivity contribution >= 4 is 28.8 Å². The highest BCUT2D eigenvalue weighted by molar-refractivity contribution is 7.10. The van der Waals surface area contributed by atoms with Gasteiger partial charge in [-0.1, -0.05) is 50.3 Å². The summed E-state index contributed by atoms with van der Waals surface area (Å²) in [4.78, 5) is 29.9. The first-order valence-corrected chi connectivity index (χ1v) is 13.4. The van der Waals surface area contributed by atoms with Crippen molar-refractivity contribution in [2.75, 3.05) is 4.90 Å². The van der Waals surface area contributed by atoms with E-state index >= 15 is 0 Å². The van der Waals surface area contributed by atoms with E-state index in [2.05, 4.69) is 17.4 Å². The monoisotopic (exact) mass is 476 g/mol. The van der Waals surface area contributed by atoms with E-state index in [0.29, 0.717) is 11.6 Å². The molecule has 2 aliphatic carbocycles. The number of hydrogen-bond acceptors (Lipinski definition) is 4. The average molecular weight is 477 g/mol. The van der Waals surface area contributed by atoms with Crippen molar-refractivity contribution in [3.8, 4) is 0 Å². The Labute approximate surface area is 205 Å². The van der Waals surface area contributed by atoms with Crippen molar-refractivity contribution in [2.45, 2.75) is 75.8 Å². The third-order valence-corrected chi connectivity index (χ3v) is 8.14. The molecule has 1 atom stereocenters. The third kappa shape index (κ3) is 4.97. The van der Waals surface area contributed by atoms with Crippen LogP contribution in [-0.4, -0.2) is 17.9 Å². The lowest BCUT2D eigenvalue weighted by Crippen LogP contribution is -2.46. The van der Waals surface area contributed by atoms with Gasteiger partial charge >= 0.3 is 0 Å². The molecule has 0 aliphatic heterocycles. The van der Waals surface area contributed by atoms with E-state index in [1.165, 1.54) is 55.3 Å². The summed E-state index contributed by atoms with van der Waals surface area (Å²) in [6.07, 6.45) is 12.0. The first-order valence-electron chi connectivity index (χ1n) is 12.5. The van der Waals surface area contributed by atoms with Crippen LogP contribution in [0.1, 0.15) is 90.7 Å². The van der Waals surface area contributed by atoms with Crippen LogP contribution in [0.2, 0.25) is 0 Å². The second-order valence-electron chi connectivity index (χ2n) is 9.49. The van der Waals surface area contributed by atoms with Crippen LogP contribution in [0.15, 0.2) is 64.6 Å². The fourth-order valence-electron chi connectivity index (χ4n) is 5.42. The van der Waals surface area contributed by atoms with Crippen molar-refractivity contribution in [3.05, 3.63) is 76.4 Å². The Morgan fingerprint density at radius 1 is 0.912 bits per heavy atom. The molecule has 5 nitrogen and oxygen atoms in total. The molecule has 3 aromatic rings. The Morgan fingerprint density at radius 2 is 1.65 bits per heavy atom. The Morgan fingerprint density at radius 3 is 2.29 bits per heavy atom. The summed E-state index contributed by atoms with van der Waals surface area (Å²) >= 11 is 1.50. The number of thiophene rings is 1.